The second kappa shape index (κ2) is 4.94. The molecule has 1 aromatic rings. The van der Waals surface area contributed by atoms with E-state index in [4.69, 9.17) is 5.73 Å². The molecule has 0 spiro atoms. The van der Waals surface area contributed by atoms with Gasteiger partial charge >= 0.3 is 0 Å². The van der Waals surface area contributed by atoms with E-state index in [1.807, 2.05) is 38.1 Å². The lowest BCUT2D eigenvalue weighted by atomic mass is 10.0. The summed E-state index contributed by atoms with van der Waals surface area (Å²) in [6, 6.07) is 7.54. The third-order valence-electron chi connectivity index (χ3n) is 2.43. The number of aryl methyl sites for hydroxylation is 1. The zero-order chi connectivity index (χ0) is 11.4. The molecule has 0 aliphatic carbocycles. The fraction of sp³-hybridized carbons (Fsp3) is 0.417. The zero-order valence-electron chi connectivity index (χ0n) is 9.45. The van der Waals surface area contributed by atoms with Gasteiger partial charge in [0.05, 0.1) is 12.1 Å². The van der Waals surface area contributed by atoms with Crippen molar-refractivity contribution in [3.8, 4) is 0 Å². The van der Waals surface area contributed by atoms with Gasteiger partial charge in [-0.3, -0.25) is 4.79 Å². The van der Waals surface area contributed by atoms with Gasteiger partial charge < -0.3 is 11.1 Å². The number of amides is 1. The number of hydrogen-bond acceptors (Lipinski definition) is 2. The highest BCUT2D eigenvalue weighted by Gasteiger charge is 2.13. The maximum absolute atomic E-state index is 11.4. The number of rotatable bonds is 3. The van der Waals surface area contributed by atoms with E-state index in [1.165, 1.54) is 5.56 Å². The number of hydrogen-bond donors (Lipinski definition) is 2. The molecule has 82 valence electrons. The normalized spacial score (nSPS) is 14.4. The summed E-state index contributed by atoms with van der Waals surface area (Å²) in [6.45, 7) is 5.67. The first kappa shape index (κ1) is 11.7. The number of nitrogens with two attached hydrogens (primary N) is 1. The maximum Gasteiger partial charge on any atom is 0.237 e. The van der Waals surface area contributed by atoms with Crippen molar-refractivity contribution in [2.24, 2.45) is 5.73 Å². The Morgan fingerprint density at radius 1 is 1.33 bits per heavy atom. The van der Waals surface area contributed by atoms with Crippen LogP contribution in [0.15, 0.2) is 24.3 Å². The van der Waals surface area contributed by atoms with Crippen molar-refractivity contribution in [1.82, 2.24) is 5.32 Å². The molecule has 3 N–H and O–H groups in total. The molecule has 0 aliphatic heterocycles. The number of benzene rings is 1. The van der Waals surface area contributed by atoms with Crippen molar-refractivity contribution in [3.05, 3.63) is 35.4 Å². The number of nitrogens with one attached hydrogen (secondary N) is 1. The topological polar surface area (TPSA) is 55.1 Å². The molecule has 0 fully saturated rings. The Labute approximate surface area is 90.7 Å². The summed E-state index contributed by atoms with van der Waals surface area (Å²) in [6.07, 6.45) is 0. The summed E-state index contributed by atoms with van der Waals surface area (Å²) in [5.41, 5.74) is 7.80. The highest BCUT2D eigenvalue weighted by Crippen LogP contribution is 2.16. The van der Waals surface area contributed by atoms with E-state index in [9.17, 15) is 4.79 Å². The van der Waals surface area contributed by atoms with E-state index in [1.54, 1.807) is 6.92 Å². The summed E-state index contributed by atoms with van der Waals surface area (Å²) >= 11 is 0. The molecule has 1 unspecified atom stereocenters. The van der Waals surface area contributed by atoms with Gasteiger partial charge in [-0.2, -0.15) is 0 Å². The third kappa shape index (κ3) is 3.06. The average Bonchev–Trinajstić information content (AvgIpc) is 2.18. The highest BCUT2D eigenvalue weighted by molar-refractivity contribution is 5.81. The Morgan fingerprint density at radius 2 is 1.93 bits per heavy atom. The summed E-state index contributed by atoms with van der Waals surface area (Å²) in [7, 11) is 0. The lowest BCUT2D eigenvalue weighted by molar-refractivity contribution is -0.122. The van der Waals surface area contributed by atoms with E-state index in [-0.39, 0.29) is 11.9 Å². The molecular formula is C12H18N2O. The largest absolute Gasteiger partial charge is 0.348 e. The standard InChI is InChI=1S/C12H18N2O/c1-8-6-4-5-7-11(8)10(3)14-12(15)9(2)13/h4-7,9-10H,13H2,1-3H3,(H,14,15)/t9?,10-/m0/s1. The van der Waals surface area contributed by atoms with Gasteiger partial charge in [-0.1, -0.05) is 24.3 Å². The van der Waals surface area contributed by atoms with Crippen molar-refractivity contribution < 1.29 is 4.79 Å². The smallest absolute Gasteiger partial charge is 0.237 e. The van der Waals surface area contributed by atoms with Gasteiger partial charge in [0.25, 0.3) is 0 Å². The Morgan fingerprint density at radius 3 is 2.47 bits per heavy atom. The molecule has 15 heavy (non-hydrogen) atoms. The molecule has 0 heterocycles. The fourth-order valence-electron chi connectivity index (χ4n) is 1.50. The van der Waals surface area contributed by atoms with Crippen molar-refractivity contribution in [2.45, 2.75) is 32.9 Å². The summed E-state index contributed by atoms with van der Waals surface area (Å²) < 4.78 is 0. The van der Waals surface area contributed by atoms with Gasteiger partial charge in [0, 0.05) is 0 Å². The molecule has 0 radical (unpaired) electrons. The van der Waals surface area contributed by atoms with Crippen LogP contribution in [0.5, 0.6) is 0 Å². The van der Waals surface area contributed by atoms with Crippen LogP contribution >= 0.6 is 0 Å². The van der Waals surface area contributed by atoms with Crippen molar-refractivity contribution in [1.29, 1.82) is 0 Å². The number of carbonyl (C=O) groups is 1. The first-order valence-corrected chi connectivity index (χ1v) is 5.14. The first-order chi connectivity index (χ1) is 7.02. The minimum absolute atomic E-state index is 0.00435. The van der Waals surface area contributed by atoms with E-state index >= 15 is 0 Å². The van der Waals surface area contributed by atoms with Crippen LogP contribution in [0.2, 0.25) is 0 Å². The summed E-state index contributed by atoms with van der Waals surface area (Å²) in [5.74, 6) is -0.120. The Bertz CT molecular complexity index is 347. The highest BCUT2D eigenvalue weighted by atomic mass is 16.2. The molecule has 3 heteroatoms. The molecule has 0 aliphatic rings. The van der Waals surface area contributed by atoms with Crippen LogP contribution in [0, 0.1) is 6.92 Å². The molecule has 0 saturated carbocycles. The molecule has 1 rings (SSSR count). The van der Waals surface area contributed by atoms with Crippen molar-refractivity contribution in [3.63, 3.8) is 0 Å². The minimum Gasteiger partial charge on any atom is -0.348 e. The molecule has 0 bridgehead atoms. The van der Waals surface area contributed by atoms with E-state index in [0.717, 1.165) is 5.56 Å². The molecule has 1 aromatic carbocycles. The van der Waals surface area contributed by atoms with E-state index in [0.29, 0.717) is 0 Å². The van der Waals surface area contributed by atoms with Crippen LogP contribution in [0.4, 0.5) is 0 Å². The summed E-state index contributed by atoms with van der Waals surface area (Å²) in [4.78, 5) is 11.4. The van der Waals surface area contributed by atoms with Gasteiger partial charge in [-0.15, -0.1) is 0 Å². The van der Waals surface area contributed by atoms with Crippen LogP contribution < -0.4 is 11.1 Å². The fourth-order valence-corrected chi connectivity index (χ4v) is 1.50. The lowest BCUT2D eigenvalue weighted by Crippen LogP contribution is -2.39. The van der Waals surface area contributed by atoms with E-state index in [2.05, 4.69) is 5.32 Å². The maximum atomic E-state index is 11.4. The number of carbonyl (C=O) groups excluding carboxylic acids is 1. The minimum atomic E-state index is -0.462. The predicted molar refractivity (Wildman–Crippen MR) is 61.4 cm³/mol. The lowest BCUT2D eigenvalue weighted by Gasteiger charge is -2.17. The predicted octanol–water partition coefficient (Wildman–Crippen LogP) is 1.52. The van der Waals surface area contributed by atoms with E-state index < -0.39 is 6.04 Å². The Hall–Kier alpha value is -1.35. The van der Waals surface area contributed by atoms with Gasteiger partial charge in [0.15, 0.2) is 0 Å². The van der Waals surface area contributed by atoms with Crippen LogP contribution in [-0.4, -0.2) is 11.9 Å². The van der Waals surface area contributed by atoms with Crippen LogP contribution in [0.3, 0.4) is 0 Å². The molecule has 3 nitrogen and oxygen atoms in total. The SMILES string of the molecule is Cc1ccccc1[C@H](C)NC(=O)C(C)N. The monoisotopic (exact) mass is 206 g/mol. The zero-order valence-corrected chi connectivity index (χ0v) is 9.45. The molecule has 1 amide bonds. The molecule has 0 saturated heterocycles. The van der Waals surface area contributed by atoms with Crippen LogP contribution in [-0.2, 0) is 4.79 Å². The van der Waals surface area contributed by atoms with Gasteiger partial charge in [0.2, 0.25) is 5.91 Å². The summed E-state index contributed by atoms with van der Waals surface area (Å²) in [5, 5.41) is 2.87. The first-order valence-electron chi connectivity index (χ1n) is 5.14. The average molecular weight is 206 g/mol. The van der Waals surface area contributed by atoms with Crippen LogP contribution in [0.25, 0.3) is 0 Å². The Kier molecular flexibility index (Phi) is 3.86. The quantitative estimate of drug-likeness (QED) is 0.787. The van der Waals surface area contributed by atoms with Crippen LogP contribution in [0.1, 0.15) is 31.0 Å². The molecule has 2 atom stereocenters. The second-order valence-electron chi connectivity index (χ2n) is 3.88. The van der Waals surface area contributed by atoms with Crippen molar-refractivity contribution >= 4 is 5.91 Å². The second-order valence-corrected chi connectivity index (χ2v) is 3.88. The Balaban J connectivity index is 2.73. The van der Waals surface area contributed by atoms with Gasteiger partial charge in [0.1, 0.15) is 0 Å². The molecule has 0 aromatic heterocycles. The van der Waals surface area contributed by atoms with Gasteiger partial charge in [-0.05, 0) is 31.9 Å². The molecular weight excluding hydrogens is 188 g/mol. The van der Waals surface area contributed by atoms with Crippen molar-refractivity contribution in [2.75, 3.05) is 0 Å². The third-order valence-corrected chi connectivity index (χ3v) is 2.43. The van der Waals surface area contributed by atoms with Gasteiger partial charge in [-0.25, -0.2) is 0 Å².